The average Bonchev–Trinajstić information content (AvgIpc) is 2.05. The Hall–Kier alpha value is 0.01000. The van der Waals surface area contributed by atoms with Gasteiger partial charge in [-0.2, -0.15) is 0 Å². The highest BCUT2D eigenvalue weighted by atomic mass is 79.9. The zero-order valence-corrected chi connectivity index (χ0v) is 9.41. The Bertz CT molecular complexity index is 263. The molecule has 0 heterocycles. The van der Waals surface area contributed by atoms with Crippen molar-refractivity contribution in [1.82, 2.24) is 0 Å². The molecule has 1 nitrogen and oxygen atoms in total. The minimum Gasteiger partial charge on any atom is -0.330 e. The van der Waals surface area contributed by atoms with Crippen molar-refractivity contribution in [3.63, 3.8) is 0 Å². The molecule has 12 heavy (non-hydrogen) atoms. The maximum Gasteiger partial charge on any atom is 0.0313 e. The van der Waals surface area contributed by atoms with Gasteiger partial charge in [-0.15, -0.1) is 11.8 Å². The van der Waals surface area contributed by atoms with Crippen LogP contribution in [0.2, 0.25) is 0 Å². The first-order valence-electron chi connectivity index (χ1n) is 3.80. The minimum atomic E-state index is 0.713. The molecule has 0 spiro atoms. The van der Waals surface area contributed by atoms with Crippen molar-refractivity contribution >= 4 is 27.7 Å². The number of halogens is 1. The molecule has 0 bridgehead atoms. The van der Waals surface area contributed by atoms with Crippen LogP contribution >= 0.6 is 27.7 Å². The van der Waals surface area contributed by atoms with Gasteiger partial charge in [0.2, 0.25) is 0 Å². The fraction of sp³-hybridized carbons (Fsp3) is 0.333. The second-order valence-corrected chi connectivity index (χ2v) is 4.21. The molecule has 0 aliphatic carbocycles. The molecule has 0 atom stereocenters. The van der Waals surface area contributed by atoms with Gasteiger partial charge in [-0.05, 0) is 52.8 Å². The first kappa shape index (κ1) is 10.1. The molecule has 0 fully saturated rings. The monoisotopic (exact) mass is 245 g/mol. The Labute approximate surface area is 85.9 Å². The Morgan fingerprint density at radius 2 is 2.25 bits per heavy atom. The summed E-state index contributed by atoms with van der Waals surface area (Å²) in [7, 11) is 0. The number of rotatable bonds is 3. The van der Waals surface area contributed by atoms with Crippen molar-refractivity contribution < 1.29 is 0 Å². The van der Waals surface area contributed by atoms with Gasteiger partial charge in [0.15, 0.2) is 0 Å². The summed E-state index contributed by atoms with van der Waals surface area (Å²) < 4.78 is 1.17. The molecular formula is C9H12BrNS. The van der Waals surface area contributed by atoms with Crippen molar-refractivity contribution in [3.8, 4) is 0 Å². The topological polar surface area (TPSA) is 26.0 Å². The molecule has 1 aromatic carbocycles. The molecule has 0 amide bonds. The van der Waals surface area contributed by atoms with E-state index in [0.29, 0.717) is 6.54 Å². The van der Waals surface area contributed by atoms with Crippen LogP contribution in [-0.4, -0.2) is 12.8 Å². The van der Waals surface area contributed by atoms with E-state index in [4.69, 9.17) is 5.73 Å². The number of benzene rings is 1. The second kappa shape index (κ2) is 4.90. The Morgan fingerprint density at radius 1 is 1.50 bits per heavy atom. The van der Waals surface area contributed by atoms with Gasteiger partial charge in [0.05, 0.1) is 0 Å². The van der Waals surface area contributed by atoms with Gasteiger partial charge in [-0.1, -0.05) is 6.07 Å². The number of hydrogen-bond donors (Lipinski definition) is 1. The first-order chi connectivity index (χ1) is 5.77. The zero-order chi connectivity index (χ0) is 8.97. The summed E-state index contributed by atoms with van der Waals surface area (Å²) >= 11 is 5.26. The lowest BCUT2D eigenvalue weighted by molar-refractivity contribution is 0.965. The highest BCUT2D eigenvalue weighted by Gasteiger charge is 1.98. The van der Waals surface area contributed by atoms with Crippen LogP contribution in [-0.2, 0) is 6.42 Å². The molecule has 0 aliphatic rings. The van der Waals surface area contributed by atoms with E-state index in [0.717, 1.165) is 6.42 Å². The molecule has 0 saturated heterocycles. The van der Waals surface area contributed by atoms with Crippen molar-refractivity contribution in [3.05, 3.63) is 28.2 Å². The van der Waals surface area contributed by atoms with Gasteiger partial charge in [-0.3, -0.25) is 0 Å². The molecule has 0 radical (unpaired) electrons. The van der Waals surface area contributed by atoms with Gasteiger partial charge in [0.25, 0.3) is 0 Å². The predicted molar refractivity (Wildman–Crippen MR) is 58.7 cm³/mol. The molecular weight excluding hydrogens is 234 g/mol. The highest BCUT2D eigenvalue weighted by molar-refractivity contribution is 9.10. The Morgan fingerprint density at radius 3 is 2.75 bits per heavy atom. The zero-order valence-electron chi connectivity index (χ0n) is 7.01. The fourth-order valence-corrected chi connectivity index (χ4v) is 2.40. The van der Waals surface area contributed by atoms with Gasteiger partial charge < -0.3 is 5.73 Å². The van der Waals surface area contributed by atoms with Crippen molar-refractivity contribution in [2.75, 3.05) is 12.8 Å². The maximum absolute atomic E-state index is 5.46. The first-order valence-corrected chi connectivity index (χ1v) is 5.82. The van der Waals surface area contributed by atoms with Crippen LogP contribution in [0.15, 0.2) is 27.6 Å². The van der Waals surface area contributed by atoms with E-state index >= 15 is 0 Å². The summed E-state index contributed by atoms with van der Waals surface area (Å²) in [5.74, 6) is 0. The van der Waals surface area contributed by atoms with E-state index in [2.05, 4.69) is 40.4 Å². The summed E-state index contributed by atoms with van der Waals surface area (Å²) in [5, 5.41) is 0. The van der Waals surface area contributed by atoms with Crippen LogP contribution < -0.4 is 5.73 Å². The third kappa shape index (κ3) is 2.51. The lowest BCUT2D eigenvalue weighted by atomic mass is 10.2. The smallest absolute Gasteiger partial charge is 0.0313 e. The third-order valence-electron chi connectivity index (χ3n) is 1.65. The average molecular weight is 246 g/mol. The van der Waals surface area contributed by atoms with E-state index in [-0.39, 0.29) is 0 Å². The minimum absolute atomic E-state index is 0.713. The summed E-state index contributed by atoms with van der Waals surface area (Å²) in [4.78, 5) is 1.27. The molecule has 1 aromatic rings. The van der Waals surface area contributed by atoms with Gasteiger partial charge >= 0.3 is 0 Å². The third-order valence-corrected chi connectivity index (χ3v) is 3.36. The summed E-state index contributed by atoms with van der Waals surface area (Å²) in [6.07, 6.45) is 3.02. The molecule has 1 rings (SSSR count). The standard InChI is InChI=1S/C9H12BrNS/c1-12-9-3-2-7(4-5-11)6-8(9)10/h2-3,6H,4-5,11H2,1H3. The van der Waals surface area contributed by atoms with E-state index in [1.165, 1.54) is 14.9 Å². The lowest BCUT2D eigenvalue weighted by Gasteiger charge is -2.03. The largest absolute Gasteiger partial charge is 0.330 e. The predicted octanol–water partition coefficient (Wildman–Crippen LogP) is 2.67. The van der Waals surface area contributed by atoms with Crippen LogP contribution in [0.4, 0.5) is 0 Å². The molecule has 0 saturated carbocycles. The van der Waals surface area contributed by atoms with Crippen molar-refractivity contribution in [2.24, 2.45) is 5.73 Å². The van der Waals surface area contributed by atoms with Crippen LogP contribution in [0.3, 0.4) is 0 Å². The van der Waals surface area contributed by atoms with Crippen molar-refractivity contribution in [1.29, 1.82) is 0 Å². The van der Waals surface area contributed by atoms with Crippen LogP contribution in [0.1, 0.15) is 5.56 Å². The van der Waals surface area contributed by atoms with Crippen LogP contribution in [0, 0.1) is 0 Å². The molecule has 0 aromatic heterocycles. The normalized spacial score (nSPS) is 10.2. The van der Waals surface area contributed by atoms with Crippen molar-refractivity contribution in [2.45, 2.75) is 11.3 Å². The SMILES string of the molecule is CSc1ccc(CCN)cc1Br. The molecule has 66 valence electrons. The Kier molecular flexibility index (Phi) is 4.12. The van der Waals surface area contributed by atoms with Gasteiger partial charge in [0.1, 0.15) is 0 Å². The fourth-order valence-electron chi connectivity index (χ4n) is 1.03. The summed E-state index contributed by atoms with van der Waals surface area (Å²) in [6, 6.07) is 6.39. The molecule has 2 N–H and O–H groups in total. The number of hydrogen-bond acceptors (Lipinski definition) is 2. The van der Waals surface area contributed by atoms with Gasteiger partial charge in [-0.25, -0.2) is 0 Å². The molecule has 3 heteroatoms. The lowest BCUT2D eigenvalue weighted by Crippen LogP contribution is -2.02. The number of nitrogens with two attached hydrogens (primary N) is 1. The van der Waals surface area contributed by atoms with E-state index in [9.17, 15) is 0 Å². The molecule has 0 aliphatic heterocycles. The van der Waals surface area contributed by atoms with E-state index in [1.807, 2.05) is 0 Å². The van der Waals surface area contributed by atoms with Crippen LogP contribution in [0.25, 0.3) is 0 Å². The summed E-state index contributed by atoms with van der Waals surface area (Å²) in [6.45, 7) is 0.713. The Balaban J connectivity index is 2.86. The number of thioether (sulfide) groups is 1. The maximum atomic E-state index is 5.46. The summed E-state index contributed by atoms with van der Waals surface area (Å²) in [5.41, 5.74) is 6.75. The second-order valence-electron chi connectivity index (χ2n) is 2.51. The van der Waals surface area contributed by atoms with Gasteiger partial charge in [0, 0.05) is 9.37 Å². The van der Waals surface area contributed by atoms with E-state index in [1.54, 1.807) is 11.8 Å². The quantitative estimate of drug-likeness (QED) is 0.830. The molecule has 0 unspecified atom stereocenters. The van der Waals surface area contributed by atoms with E-state index < -0.39 is 0 Å². The van der Waals surface area contributed by atoms with Crippen LogP contribution in [0.5, 0.6) is 0 Å². The highest BCUT2D eigenvalue weighted by Crippen LogP contribution is 2.26.